The first kappa shape index (κ1) is 14.1. The first-order chi connectivity index (χ1) is 8.99. The Morgan fingerprint density at radius 1 is 1.11 bits per heavy atom. The Bertz CT molecular complexity index is 623. The minimum absolute atomic E-state index is 0.0814. The molecule has 0 atom stereocenters. The van der Waals surface area contributed by atoms with Crippen LogP contribution in [0, 0.1) is 6.92 Å². The van der Waals surface area contributed by atoms with Crippen LogP contribution in [0.1, 0.15) is 16.2 Å². The van der Waals surface area contributed by atoms with E-state index < -0.39 is 5.91 Å². The maximum Gasteiger partial charge on any atom is 0.257 e. The highest BCUT2D eigenvalue weighted by molar-refractivity contribution is 6.39. The first-order valence-corrected chi connectivity index (χ1v) is 6.38. The van der Waals surface area contributed by atoms with Crippen molar-refractivity contribution in [1.29, 1.82) is 0 Å². The molecule has 1 aromatic carbocycles. The molecule has 0 saturated heterocycles. The Labute approximate surface area is 124 Å². The third-order valence-corrected chi connectivity index (χ3v) is 3.17. The third kappa shape index (κ3) is 3.15. The number of halogens is 3. The van der Waals surface area contributed by atoms with Gasteiger partial charge >= 0.3 is 0 Å². The van der Waals surface area contributed by atoms with Crippen molar-refractivity contribution in [2.75, 3.05) is 5.32 Å². The zero-order valence-electron chi connectivity index (χ0n) is 9.75. The van der Waals surface area contributed by atoms with Crippen molar-refractivity contribution < 1.29 is 4.79 Å². The number of carbonyl (C=O) groups is 1. The van der Waals surface area contributed by atoms with Gasteiger partial charge in [-0.3, -0.25) is 4.79 Å². The monoisotopic (exact) mass is 315 g/mol. The van der Waals surface area contributed by atoms with Crippen molar-refractivity contribution >= 4 is 46.4 Å². The number of carbonyl (C=O) groups excluding carboxylic acids is 1. The summed E-state index contributed by atoms with van der Waals surface area (Å²) in [5, 5.41) is 3.05. The molecule has 0 aliphatic carbocycles. The summed E-state index contributed by atoms with van der Waals surface area (Å²) in [6.07, 6.45) is 0. The molecule has 19 heavy (non-hydrogen) atoms. The van der Waals surface area contributed by atoms with Crippen LogP contribution in [-0.2, 0) is 0 Å². The quantitative estimate of drug-likeness (QED) is 0.852. The fourth-order valence-electron chi connectivity index (χ4n) is 1.44. The average molecular weight is 317 g/mol. The number of aromatic nitrogens is 2. The summed E-state index contributed by atoms with van der Waals surface area (Å²) in [7, 11) is 0. The van der Waals surface area contributed by atoms with E-state index in [1.807, 2.05) is 0 Å². The van der Waals surface area contributed by atoms with Crippen LogP contribution >= 0.6 is 34.8 Å². The highest BCUT2D eigenvalue weighted by Crippen LogP contribution is 2.28. The molecule has 4 nitrogen and oxygen atoms in total. The highest BCUT2D eigenvalue weighted by atomic mass is 35.5. The number of hydrogen-bond acceptors (Lipinski definition) is 3. The number of hydrogen-bond donors (Lipinski definition) is 1. The molecular formula is C12H8Cl3N3O. The van der Waals surface area contributed by atoms with Crippen molar-refractivity contribution in [1.82, 2.24) is 9.97 Å². The van der Waals surface area contributed by atoms with Crippen LogP contribution in [-0.4, -0.2) is 15.9 Å². The molecule has 2 aromatic rings. The van der Waals surface area contributed by atoms with Gasteiger partial charge in [0.15, 0.2) is 10.3 Å². The SMILES string of the molecule is Cc1nc(Cl)c(NC(=O)c2ccccc2Cl)c(Cl)n1. The molecule has 0 aliphatic heterocycles. The van der Waals surface area contributed by atoms with E-state index in [-0.39, 0.29) is 16.0 Å². The zero-order valence-corrected chi connectivity index (χ0v) is 12.0. The van der Waals surface area contributed by atoms with Gasteiger partial charge in [-0.15, -0.1) is 0 Å². The zero-order chi connectivity index (χ0) is 14.0. The molecule has 7 heteroatoms. The maximum atomic E-state index is 12.1. The number of benzene rings is 1. The number of aryl methyl sites for hydroxylation is 1. The Morgan fingerprint density at radius 3 is 2.26 bits per heavy atom. The highest BCUT2D eigenvalue weighted by Gasteiger charge is 2.16. The van der Waals surface area contributed by atoms with Crippen molar-refractivity contribution in [3.63, 3.8) is 0 Å². The lowest BCUT2D eigenvalue weighted by molar-refractivity contribution is 0.102. The molecule has 0 bridgehead atoms. The van der Waals surface area contributed by atoms with Crippen LogP contribution in [0.4, 0.5) is 5.69 Å². The van der Waals surface area contributed by atoms with Gasteiger partial charge in [-0.2, -0.15) is 0 Å². The predicted molar refractivity (Wildman–Crippen MR) is 76.2 cm³/mol. The van der Waals surface area contributed by atoms with E-state index in [1.54, 1.807) is 31.2 Å². The molecule has 98 valence electrons. The van der Waals surface area contributed by atoms with E-state index in [4.69, 9.17) is 34.8 Å². The van der Waals surface area contributed by atoms with E-state index in [9.17, 15) is 4.79 Å². The minimum atomic E-state index is -0.429. The predicted octanol–water partition coefficient (Wildman–Crippen LogP) is 4.00. The smallest absolute Gasteiger partial charge is 0.257 e. The lowest BCUT2D eigenvalue weighted by atomic mass is 10.2. The van der Waals surface area contributed by atoms with Crippen molar-refractivity contribution in [2.24, 2.45) is 0 Å². The molecule has 1 N–H and O–H groups in total. The Morgan fingerprint density at radius 2 is 1.68 bits per heavy atom. The molecule has 0 aliphatic rings. The van der Waals surface area contributed by atoms with Crippen LogP contribution in [0.2, 0.25) is 15.3 Å². The van der Waals surface area contributed by atoms with E-state index in [1.165, 1.54) is 0 Å². The van der Waals surface area contributed by atoms with Gasteiger partial charge in [-0.05, 0) is 19.1 Å². The van der Waals surface area contributed by atoms with Gasteiger partial charge in [0.2, 0.25) is 0 Å². The van der Waals surface area contributed by atoms with Gasteiger partial charge in [-0.25, -0.2) is 9.97 Å². The van der Waals surface area contributed by atoms with E-state index >= 15 is 0 Å². The van der Waals surface area contributed by atoms with Crippen LogP contribution < -0.4 is 5.32 Å². The summed E-state index contributed by atoms with van der Waals surface area (Å²) in [4.78, 5) is 19.9. The van der Waals surface area contributed by atoms with Gasteiger partial charge in [0.25, 0.3) is 5.91 Å². The molecule has 0 spiro atoms. The summed E-state index contributed by atoms with van der Waals surface area (Å²) < 4.78 is 0. The standard InChI is InChI=1S/C12H8Cl3N3O/c1-6-16-10(14)9(11(15)17-6)18-12(19)7-4-2-3-5-8(7)13/h2-5H,1H3,(H,18,19). The lowest BCUT2D eigenvalue weighted by Crippen LogP contribution is -2.14. The Balaban J connectivity index is 2.32. The fourth-order valence-corrected chi connectivity index (χ4v) is 2.22. The number of rotatable bonds is 2. The molecule has 0 radical (unpaired) electrons. The summed E-state index contributed by atoms with van der Waals surface area (Å²) in [5.41, 5.74) is 0.482. The van der Waals surface area contributed by atoms with Crippen molar-refractivity contribution in [2.45, 2.75) is 6.92 Å². The summed E-state index contributed by atoms with van der Waals surface area (Å²) >= 11 is 17.8. The second-order valence-electron chi connectivity index (χ2n) is 3.66. The molecular weight excluding hydrogens is 309 g/mol. The first-order valence-electron chi connectivity index (χ1n) is 5.24. The average Bonchev–Trinajstić information content (AvgIpc) is 2.34. The number of nitrogens with one attached hydrogen (secondary N) is 1. The maximum absolute atomic E-state index is 12.1. The van der Waals surface area contributed by atoms with Gasteiger partial charge in [0.1, 0.15) is 11.5 Å². The van der Waals surface area contributed by atoms with E-state index in [0.29, 0.717) is 16.4 Å². The van der Waals surface area contributed by atoms with Crippen LogP contribution in [0.25, 0.3) is 0 Å². The fraction of sp³-hybridized carbons (Fsp3) is 0.0833. The molecule has 0 unspecified atom stereocenters. The molecule has 2 rings (SSSR count). The lowest BCUT2D eigenvalue weighted by Gasteiger charge is -2.09. The second-order valence-corrected chi connectivity index (χ2v) is 4.78. The largest absolute Gasteiger partial charge is 0.317 e. The molecule has 1 aromatic heterocycles. The number of amides is 1. The molecule has 0 saturated carbocycles. The molecule has 1 heterocycles. The van der Waals surface area contributed by atoms with Gasteiger partial charge in [0.05, 0.1) is 10.6 Å². The van der Waals surface area contributed by atoms with Crippen molar-refractivity contribution in [3.05, 3.63) is 51.0 Å². The summed E-state index contributed by atoms with van der Waals surface area (Å²) in [6.45, 7) is 1.65. The summed E-state index contributed by atoms with van der Waals surface area (Å²) in [6, 6.07) is 6.64. The van der Waals surface area contributed by atoms with Gasteiger partial charge in [0, 0.05) is 0 Å². The van der Waals surface area contributed by atoms with Crippen LogP contribution in [0.5, 0.6) is 0 Å². The normalized spacial score (nSPS) is 10.3. The third-order valence-electron chi connectivity index (χ3n) is 2.29. The van der Waals surface area contributed by atoms with Crippen molar-refractivity contribution in [3.8, 4) is 0 Å². The van der Waals surface area contributed by atoms with Crippen LogP contribution in [0.15, 0.2) is 24.3 Å². The minimum Gasteiger partial charge on any atom is -0.317 e. The Kier molecular flexibility index (Phi) is 4.24. The Hall–Kier alpha value is -1.36. The molecule has 0 fully saturated rings. The second kappa shape index (κ2) is 5.74. The number of anilines is 1. The van der Waals surface area contributed by atoms with E-state index in [2.05, 4.69) is 15.3 Å². The van der Waals surface area contributed by atoms with Crippen LogP contribution in [0.3, 0.4) is 0 Å². The molecule has 1 amide bonds. The van der Waals surface area contributed by atoms with Gasteiger partial charge in [-0.1, -0.05) is 46.9 Å². The van der Waals surface area contributed by atoms with Gasteiger partial charge < -0.3 is 5.32 Å². The number of nitrogens with zero attached hydrogens (tertiary/aromatic N) is 2. The topological polar surface area (TPSA) is 54.9 Å². The summed E-state index contributed by atoms with van der Waals surface area (Å²) in [5.74, 6) is -0.00686. The van der Waals surface area contributed by atoms with E-state index in [0.717, 1.165) is 0 Å².